The fraction of sp³-hybridized carbons (Fsp3) is 0.0625. The zero-order valence-electron chi connectivity index (χ0n) is 10.9. The van der Waals surface area contributed by atoms with Gasteiger partial charge < -0.3 is 9.84 Å². The number of hydrogen-bond donors (Lipinski definition) is 1. The highest BCUT2D eigenvalue weighted by Gasteiger charge is 2.05. The Balaban J connectivity index is 2.08. The number of carboxylic acid groups (broad SMARTS) is 1. The molecule has 0 aromatic heterocycles. The Hall–Kier alpha value is -1.97. The zero-order valence-corrected chi connectivity index (χ0v) is 12.4. The largest absolute Gasteiger partial charge is 0.489 e. The molecule has 0 spiro atoms. The molecular formula is C16H12Cl2O3. The third-order valence-corrected chi connectivity index (χ3v) is 3.56. The van der Waals surface area contributed by atoms with Gasteiger partial charge in [-0.1, -0.05) is 47.5 Å². The molecule has 2 rings (SSSR count). The maximum Gasteiger partial charge on any atom is 0.328 e. The van der Waals surface area contributed by atoms with E-state index in [-0.39, 0.29) is 6.61 Å². The number of carbonyl (C=O) groups is 1. The number of benzene rings is 2. The highest BCUT2D eigenvalue weighted by molar-refractivity contribution is 6.42. The molecule has 0 bridgehead atoms. The number of ether oxygens (including phenoxy) is 1. The fourth-order valence-electron chi connectivity index (χ4n) is 1.70. The van der Waals surface area contributed by atoms with Gasteiger partial charge in [-0.15, -0.1) is 0 Å². The van der Waals surface area contributed by atoms with E-state index in [1.165, 1.54) is 6.08 Å². The minimum Gasteiger partial charge on any atom is -0.489 e. The van der Waals surface area contributed by atoms with Crippen molar-refractivity contribution in [3.63, 3.8) is 0 Å². The fourth-order valence-corrected chi connectivity index (χ4v) is 2.07. The smallest absolute Gasteiger partial charge is 0.328 e. The zero-order chi connectivity index (χ0) is 15.2. The summed E-state index contributed by atoms with van der Waals surface area (Å²) in [5.74, 6) is -0.370. The molecule has 2 aromatic rings. The Morgan fingerprint density at radius 3 is 2.71 bits per heavy atom. The van der Waals surface area contributed by atoms with Gasteiger partial charge in [0.1, 0.15) is 12.4 Å². The van der Waals surface area contributed by atoms with Crippen LogP contribution in [0.15, 0.2) is 48.5 Å². The van der Waals surface area contributed by atoms with Crippen molar-refractivity contribution in [2.24, 2.45) is 0 Å². The van der Waals surface area contributed by atoms with Crippen molar-refractivity contribution in [3.05, 3.63) is 69.7 Å². The van der Waals surface area contributed by atoms with E-state index >= 15 is 0 Å². The third-order valence-electron chi connectivity index (χ3n) is 2.70. The normalized spacial score (nSPS) is 10.8. The van der Waals surface area contributed by atoms with E-state index in [1.54, 1.807) is 36.4 Å². The van der Waals surface area contributed by atoms with E-state index in [4.69, 9.17) is 33.0 Å². The van der Waals surface area contributed by atoms with Gasteiger partial charge in [0, 0.05) is 11.6 Å². The van der Waals surface area contributed by atoms with Crippen LogP contribution in [0.3, 0.4) is 0 Å². The molecule has 0 radical (unpaired) electrons. The highest BCUT2D eigenvalue weighted by Crippen LogP contribution is 2.26. The number of hydrogen-bond acceptors (Lipinski definition) is 2. The summed E-state index contributed by atoms with van der Waals surface area (Å²) in [5, 5.41) is 9.56. The summed E-state index contributed by atoms with van der Waals surface area (Å²) in [6, 6.07) is 12.5. The molecule has 108 valence electrons. The maximum absolute atomic E-state index is 10.5. The number of aliphatic carboxylic acids is 1. The Morgan fingerprint density at radius 1 is 1.19 bits per heavy atom. The first-order chi connectivity index (χ1) is 10.1. The van der Waals surface area contributed by atoms with E-state index in [1.807, 2.05) is 6.07 Å². The molecule has 5 heteroatoms. The quantitative estimate of drug-likeness (QED) is 0.813. The van der Waals surface area contributed by atoms with Crippen LogP contribution in [0.25, 0.3) is 6.08 Å². The molecule has 0 aliphatic rings. The molecule has 3 nitrogen and oxygen atoms in total. The second-order valence-electron chi connectivity index (χ2n) is 4.25. The average molecular weight is 323 g/mol. The van der Waals surface area contributed by atoms with Crippen LogP contribution >= 0.6 is 23.2 Å². The van der Waals surface area contributed by atoms with Gasteiger partial charge in [-0.3, -0.25) is 0 Å². The van der Waals surface area contributed by atoms with Gasteiger partial charge in [0.15, 0.2) is 0 Å². The van der Waals surface area contributed by atoms with Crippen molar-refractivity contribution in [1.29, 1.82) is 0 Å². The lowest BCUT2D eigenvalue weighted by atomic mass is 10.2. The van der Waals surface area contributed by atoms with Gasteiger partial charge >= 0.3 is 5.97 Å². The van der Waals surface area contributed by atoms with E-state index in [0.717, 1.165) is 17.2 Å². The first kappa shape index (κ1) is 15.4. The lowest BCUT2D eigenvalue weighted by molar-refractivity contribution is -0.131. The molecular weight excluding hydrogens is 311 g/mol. The monoisotopic (exact) mass is 322 g/mol. The Kier molecular flexibility index (Phi) is 5.26. The molecule has 0 heterocycles. The summed E-state index contributed by atoms with van der Waals surface area (Å²) >= 11 is 12.0. The minimum atomic E-state index is -0.993. The summed E-state index contributed by atoms with van der Waals surface area (Å²) in [6.07, 6.45) is 2.58. The number of rotatable bonds is 5. The summed E-state index contributed by atoms with van der Waals surface area (Å²) in [5.41, 5.74) is 1.53. The molecule has 0 unspecified atom stereocenters. The van der Waals surface area contributed by atoms with Crippen LogP contribution in [0, 0.1) is 0 Å². The molecule has 0 saturated carbocycles. The van der Waals surface area contributed by atoms with Gasteiger partial charge in [-0.2, -0.15) is 0 Å². The summed E-state index contributed by atoms with van der Waals surface area (Å²) in [4.78, 5) is 10.5. The molecule has 0 saturated heterocycles. The van der Waals surface area contributed by atoms with Crippen molar-refractivity contribution in [2.45, 2.75) is 6.61 Å². The van der Waals surface area contributed by atoms with Crippen LogP contribution < -0.4 is 4.74 Å². The number of halogens is 2. The maximum atomic E-state index is 10.5. The summed E-state index contributed by atoms with van der Waals surface area (Å²) in [6.45, 7) is 0.283. The summed E-state index contributed by atoms with van der Waals surface area (Å²) in [7, 11) is 0. The minimum absolute atomic E-state index is 0.283. The van der Waals surface area contributed by atoms with Crippen molar-refractivity contribution in [1.82, 2.24) is 0 Å². The van der Waals surface area contributed by atoms with Crippen LogP contribution in [-0.2, 0) is 11.4 Å². The van der Waals surface area contributed by atoms with Gasteiger partial charge in [-0.25, -0.2) is 4.79 Å². The van der Waals surface area contributed by atoms with Crippen molar-refractivity contribution < 1.29 is 14.6 Å². The van der Waals surface area contributed by atoms with E-state index in [0.29, 0.717) is 15.8 Å². The lowest BCUT2D eigenvalue weighted by Gasteiger charge is -2.09. The molecule has 21 heavy (non-hydrogen) atoms. The third kappa shape index (κ3) is 4.52. The van der Waals surface area contributed by atoms with Gasteiger partial charge in [0.25, 0.3) is 0 Å². The van der Waals surface area contributed by atoms with Gasteiger partial charge in [0.2, 0.25) is 0 Å². The SMILES string of the molecule is O=C(O)/C=C/c1cccc(OCc2cccc(Cl)c2Cl)c1. The standard InChI is InChI=1S/C16H12Cl2O3/c17-14-6-2-4-12(16(14)18)10-21-13-5-1-3-11(9-13)7-8-15(19)20/h1-9H,10H2,(H,19,20)/b8-7+. The lowest BCUT2D eigenvalue weighted by Crippen LogP contribution is -1.96. The van der Waals surface area contributed by atoms with Crippen LogP contribution in [0.5, 0.6) is 5.75 Å². The van der Waals surface area contributed by atoms with Crippen LogP contribution in [0.4, 0.5) is 0 Å². The number of carboxylic acids is 1. The van der Waals surface area contributed by atoms with Crippen molar-refractivity contribution >= 4 is 35.2 Å². The van der Waals surface area contributed by atoms with E-state index in [2.05, 4.69) is 0 Å². The molecule has 0 atom stereocenters. The van der Waals surface area contributed by atoms with Gasteiger partial charge in [0.05, 0.1) is 10.0 Å². The van der Waals surface area contributed by atoms with Crippen LogP contribution in [0.2, 0.25) is 10.0 Å². The predicted molar refractivity (Wildman–Crippen MR) is 83.9 cm³/mol. The molecule has 0 aliphatic carbocycles. The van der Waals surface area contributed by atoms with Crippen molar-refractivity contribution in [3.8, 4) is 5.75 Å². The molecule has 0 aliphatic heterocycles. The van der Waals surface area contributed by atoms with E-state index < -0.39 is 5.97 Å². The topological polar surface area (TPSA) is 46.5 Å². The van der Waals surface area contributed by atoms with Crippen LogP contribution in [0.1, 0.15) is 11.1 Å². The summed E-state index contributed by atoms with van der Waals surface area (Å²) < 4.78 is 5.65. The first-order valence-electron chi connectivity index (χ1n) is 6.13. The Bertz CT molecular complexity index is 681. The second kappa shape index (κ2) is 7.16. The Labute approximate surface area is 132 Å². The first-order valence-corrected chi connectivity index (χ1v) is 6.88. The van der Waals surface area contributed by atoms with E-state index in [9.17, 15) is 4.79 Å². The molecule has 0 fully saturated rings. The second-order valence-corrected chi connectivity index (χ2v) is 5.03. The average Bonchev–Trinajstić information content (AvgIpc) is 2.47. The molecule has 0 amide bonds. The van der Waals surface area contributed by atoms with Crippen molar-refractivity contribution in [2.75, 3.05) is 0 Å². The molecule has 1 N–H and O–H groups in total. The van der Waals surface area contributed by atoms with Gasteiger partial charge in [-0.05, 0) is 29.8 Å². The highest BCUT2D eigenvalue weighted by atomic mass is 35.5. The molecule has 2 aromatic carbocycles. The van der Waals surface area contributed by atoms with Crippen LogP contribution in [-0.4, -0.2) is 11.1 Å². The Morgan fingerprint density at radius 2 is 1.95 bits per heavy atom. The predicted octanol–water partition coefficient (Wildman–Crippen LogP) is 4.67.